The van der Waals surface area contributed by atoms with E-state index in [1.54, 1.807) is 24.3 Å². The molecule has 0 saturated heterocycles. The standard InChI is InChI=1S/C24H22FN5O3S/c1-16-10-12-17(13-11-16)33-21-9-5-3-7-19(21)27-23(31)15-34-24-29-28-22(30(24)26)14-32-20-8-4-2-6-18(20)25/h2-13H,14-15,26H2,1H3,(H,27,31). The topological polar surface area (TPSA) is 104 Å². The molecule has 8 nitrogen and oxygen atoms in total. The Kier molecular flexibility index (Phi) is 7.28. The first-order chi connectivity index (χ1) is 16.5. The third kappa shape index (κ3) is 5.84. The van der Waals surface area contributed by atoms with Gasteiger partial charge in [0.15, 0.2) is 23.1 Å². The molecule has 0 unspecified atom stereocenters. The van der Waals surface area contributed by atoms with Crippen molar-refractivity contribution >= 4 is 23.4 Å². The number of carbonyl (C=O) groups is 1. The molecular weight excluding hydrogens is 457 g/mol. The Morgan fingerprint density at radius 3 is 2.50 bits per heavy atom. The van der Waals surface area contributed by atoms with Gasteiger partial charge in [0.2, 0.25) is 11.1 Å². The summed E-state index contributed by atoms with van der Waals surface area (Å²) in [6.07, 6.45) is 0. The fourth-order valence-electron chi connectivity index (χ4n) is 2.92. The molecule has 1 amide bonds. The lowest BCUT2D eigenvalue weighted by Crippen LogP contribution is -2.18. The van der Waals surface area contributed by atoms with Crippen molar-refractivity contribution in [3.63, 3.8) is 0 Å². The SMILES string of the molecule is Cc1ccc(Oc2ccccc2NC(=O)CSc2nnc(COc3ccccc3F)n2N)cc1. The zero-order valence-electron chi connectivity index (χ0n) is 18.3. The van der Waals surface area contributed by atoms with Gasteiger partial charge in [-0.05, 0) is 43.3 Å². The van der Waals surface area contributed by atoms with Crippen LogP contribution in [0.25, 0.3) is 0 Å². The lowest BCUT2D eigenvalue weighted by molar-refractivity contribution is -0.113. The summed E-state index contributed by atoms with van der Waals surface area (Å²) in [5.41, 5.74) is 1.67. The molecule has 0 bridgehead atoms. The maximum absolute atomic E-state index is 13.7. The monoisotopic (exact) mass is 479 g/mol. The number of amides is 1. The summed E-state index contributed by atoms with van der Waals surface area (Å²) in [6.45, 7) is 1.93. The molecular formula is C24H22FN5O3S. The highest BCUT2D eigenvalue weighted by atomic mass is 32.2. The number of benzene rings is 3. The minimum Gasteiger partial charge on any atom is -0.482 e. The summed E-state index contributed by atoms with van der Waals surface area (Å²) < 4.78 is 26.2. The van der Waals surface area contributed by atoms with Crippen molar-refractivity contribution in [1.29, 1.82) is 0 Å². The zero-order chi connectivity index (χ0) is 23.9. The molecule has 0 fully saturated rings. The normalized spacial score (nSPS) is 10.6. The fourth-order valence-corrected chi connectivity index (χ4v) is 3.59. The molecule has 4 rings (SSSR count). The Morgan fingerprint density at radius 2 is 1.74 bits per heavy atom. The molecule has 0 aliphatic rings. The second-order valence-corrected chi connectivity index (χ2v) is 8.18. The number of ether oxygens (including phenoxy) is 2. The third-order valence-corrected chi connectivity index (χ3v) is 5.61. The Hall–Kier alpha value is -4.05. The number of nitrogens with zero attached hydrogens (tertiary/aromatic N) is 3. The van der Waals surface area contributed by atoms with Gasteiger partial charge in [-0.3, -0.25) is 4.79 Å². The minimum absolute atomic E-state index is 0.0440. The maximum atomic E-state index is 13.7. The van der Waals surface area contributed by atoms with Gasteiger partial charge in [-0.25, -0.2) is 9.07 Å². The highest BCUT2D eigenvalue weighted by Crippen LogP contribution is 2.29. The van der Waals surface area contributed by atoms with E-state index in [-0.39, 0.29) is 24.0 Å². The van der Waals surface area contributed by atoms with Crippen LogP contribution in [0.4, 0.5) is 10.1 Å². The molecule has 10 heteroatoms. The molecule has 0 spiro atoms. The van der Waals surface area contributed by atoms with Crippen LogP contribution >= 0.6 is 11.8 Å². The van der Waals surface area contributed by atoms with Crippen molar-refractivity contribution in [2.45, 2.75) is 18.7 Å². The van der Waals surface area contributed by atoms with E-state index < -0.39 is 5.82 Å². The van der Waals surface area contributed by atoms with Gasteiger partial charge in [0.25, 0.3) is 0 Å². The van der Waals surface area contributed by atoms with Gasteiger partial charge < -0.3 is 20.6 Å². The number of para-hydroxylation sites is 3. The van der Waals surface area contributed by atoms with Crippen molar-refractivity contribution in [3.8, 4) is 17.2 Å². The van der Waals surface area contributed by atoms with E-state index >= 15 is 0 Å². The van der Waals surface area contributed by atoms with Gasteiger partial charge >= 0.3 is 0 Å². The van der Waals surface area contributed by atoms with E-state index in [1.807, 2.05) is 43.3 Å². The molecule has 1 heterocycles. The van der Waals surface area contributed by atoms with Gasteiger partial charge in [-0.2, -0.15) is 0 Å². The van der Waals surface area contributed by atoms with E-state index in [2.05, 4.69) is 15.5 Å². The van der Waals surface area contributed by atoms with Crippen LogP contribution in [-0.2, 0) is 11.4 Å². The van der Waals surface area contributed by atoms with Crippen molar-refractivity contribution in [2.75, 3.05) is 16.9 Å². The molecule has 4 aromatic rings. The first-order valence-electron chi connectivity index (χ1n) is 10.3. The van der Waals surface area contributed by atoms with Gasteiger partial charge in [0.05, 0.1) is 11.4 Å². The number of nitrogens with one attached hydrogen (secondary N) is 1. The highest BCUT2D eigenvalue weighted by molar-refractivity contribution is 7.99. The Balaban J connectivity index is 1.33. The predicted molar refractivity (Wildman–Crippen MR) is 128 cm³/mol. The van der Waals surface area contributed by atoms with Crippen LogP contribution in [0.15, 0.2) is 78.0 Å². The van der Waals surface area contributed by atoms with Crippen molar-refractivity contribution in [2.24, 2.45) is 0 Å². The summed E-state index contributed by atoms with van der Waals surface area (Å²) in [4.78, 5) is 12.5. The van der Waals surface area contributed by atoms with Crippen molar-refractivity contribution in [3.05, 3.63) is 90.0 Å². The number of thioether (sulfide) groups is 1. The van der Waals surface area contributed by atoms with Gasteiger partial charge in [0.1, 0.15) is 12.4 Å². The van der Waals surface area contributed by atoms with Crippen LogP contribution in [0.5, 0.6) is 17.2 Å². The Morgan fingerprint density at radius 1 is 1.03 bits per heavy atom. The number of carbonyl (C=O) groups excluding carboxylic acids is 1. The van der Waals surface area contributed by atoms with Crippen LogP contribution in [0, 0.1) is 12.7 Å². The summed E-state index contributed by atoms with van der Waals surface area (Å²) in [5, 5.41) is 11.1. The number of halogens is 1. The summed E-state index contributed by atoms with van der Waals surface area (Å²) in [6, 6.07) is 20.8. The molecule has 0 aliphatic heterocycles. The van der Waals surface area contributed by atoms with Crippen LogP contribution in [-0.4, -0.2) is 26.5 Å². The van der Waals surface area contributed by atoms with Crippen LogP contribution in [0.3, 0.4) is 0 Å². The highest BCUT2D eigenvalue weighted by Gasteiger charge is 2.15. The number of anilines is 1. The zero-order valence-corrected chi connectivity index (χ0v) is 19.1. The Bertz CT molecular complexity index is 1280. The number of hydrogen-bond donors (Lipinski definition) is 2. The number of nitrogen functional groups attached to an aromatic ring is 1. The van der Waals surface area contributed by atoms with Crippen LogP contribution < -0.4 is 20.6 Å². The molecule has 174 valence electrons. The Labute approximate surface area is 199 Å². The second kappa shape index (κ2) is 10.7. The molecule has 0 aliphatic carbocycles. The smallest absolute Gasteiger partial charge is 0.234 e. The number of aryl methyl sites for hydroxylation is 1. The van der Waals surface area contributed by atoms with Crippen LogP contribution in [0.1, 0.15) is 11.4 Å². The fraction of sp³-hybridized carbons (Fsp3) is 0.125. The molecule has 1 aromatic heterocycles. The summed E-state index contributed by atoms with van der Waals surface area (Å²) in [5.74, 6) is 6.88. The first-order valence-corrected chi connectivity index (χ1v) is 11.3. The largest absolute Gasteiger partial charge is 0.482 e. The van der Waals surface area contributed by atoms with Crippen LogP contribution in [0.2, 0.25) is 0 Å². The van der Waals surface area contributed by atoms with E-state index in [0.29, 0.717) is 28.2 Å². The van der Waals surface area contributed by atoms with E-state index in [4.69, 9.17) is 15.3 Å². The number of hydrogen-bond acceptors (Lipinski definition) is 7. The lowest BCUT2D eigenvalue weighted by Gasteiger charge is -2.12. The molecule has 3 N–H and O–H groups in total. The van der Waals surface area contributed by atoms with E-state index in [0.717, 1.165) is 17.3 Å². The summed E-state index contributed by atoms with van der Waals surface area (Å²) >= 11 is 1.11. The van der Waals surface area contributed by atoms with E-state index in [9.17, 15) is 9.18 Å². The average molecular weight is 480 g/mol. The second-order valence-electron chi connectivity index (χ2n) is 7.24. The molecule has 3 aromatic carbocycles. The van der Waals surface area contributed by atoms with Crippen molar-refractivity contribution < 1.29 is 18.7 Å². The molecule has 0 radical (unpaired) electrons. The number of nitrogens with two attached hydrogens (primary N) is 1. The average Bonchev–Trinajstić information content (AvgIpc) is 3.19. The maximum Gasteiger partial charge on any atom is 0.234 e. The molecule has 0 saturated carbocycles. The molecule has 34 heavy (non-hydrogen) atoms. The quantitative estimate of drug-likeness (QED) is 0.268. The first kappa shape index (κ1) is 23.1. The molecule has 0 atom stereocenters. The van der Waals surface area contributed by atoms with Gasteiger partial charge in [-0.15, -0.1) is 10.2 Å². The summed E-state index contributed by atoms with van der Waals surface area (Å²) in [7, 11) is 0. The number of rotatable bonds is 9. The lowest BCUT2D eigenvalue weighted by atomic mass is 10.2. The van der Waals surface area contributed by atoms with Gasteiger partial charge in [0, 0.05) is 0 Å². The van der Waals surface area contributed by atoms with Crippen molar-refractivity contribution in [1.82, 2.24) is 14.9 Å². The third-order valence-electron chi connectivity index (χ3n) is 4.67. The minimum atomic E-state index is -0.483. The van der Waals surface area contributed by atoms with E-state index in [1.165, 1.54) is 16.8 Å². The number of aromatic nitrogens is 3. The van der Waals surface area contributed by atoms with Gasteiger partial charge in [-0.1, -0.05) is 53.7 Å². The predicted octanol–water partition coefficient (Wildman–Crippen LogP) is 4.54.